The Labute approximate surface area is 154 Å². The number of ketones is 1. The lowest BCUT2D eigenvalue weighted by molar-refractivity contribution is -0.121. The van der Waals surface area contributed by atoms with E-state index in [1.165, 1.54) is 0 Å². The molecule has 1 saturated carbocycles. The number of hydrogen-bond donors (Lipinski definition) is 2. The van der Waals surface area contributed by atoms with E-state index in [1.807, 2.05) is 47.5 Å². The van der Waals surface area contributed by atoms with Gasteiger partial charge in [0.2, 0.25) is 0 Å². The van der Waals surface area contributed by atoms with E-state index in [2.05, 4.69) is 4.40 Å². The number of Topliss-reactive ketones (excluding diaryl/α,β-unsaturated/α-hetero) is 1. The van der Waals surface area contributed by atoms with Crippen molar-refractivity contribution in [3.63, 3.8) is 0 Å². The molecule has 2 aliphatic heterocycles. The van der Waals surface area contributed by atoms with E-state index in [0.717, 1.165) is 29.7 Å². The summed E-state index contributed by atoms with van der Waals surface area (Å²) in [5.74, 6) is 1.95. The zero-order chi connectivity index (χ0) is 18.1. The second kappa shape index (κ2) is 6.90. The second-order valence-electron chi connectivity index (χ2n) is 6.75. The van der Waals surface area contributed by atoms with Gasteiger partial charge in [0.05, 0.1) is 11.9 Å². The van der Waals surface area contributed by atoms with Crippen LogP contribution in [0, 0.1) is 0 Å². The number of hydrogen-bond acceptors (Lipinski definition) is 6. The molecule has 0 spiro atoms. The third-order valence-corrected chi connectivity index (χ3v) is 6.03. The van der Waals surface area contributed by atoms with Crippen molar-refractivity contribution in [3.05, 3.63) is 48.2 Å². The van der Waals surface area contributed by atoms with Gasteiger partial charge in [-0.25, -0.2) is 0 Å². The molecule has 0 aromatic heterocycles. The van der Waals surface area contributed by atoms with Crippen molar-refractivity contribution < 1.29 is 18.6 Å². The van der Waals surface area contributed by atoms with Crippen LogP contribution < -0.4 is 4.74 Å². The van der Waals surface area contributed by atoms with Crippen molar-refractivity contribution in [2.24, 2.45) is 4.40 Å². The Hall–Kier alpha value is -2.09. The van der Waals surface area contributed by atoms with E-state index in [4.69, 9.17) is 4.74 Å². The molecule has 0 radical (unpaired) electrons. The van der Waals surface area contributed by atoms with Crippen LogP contribution in [0.25, 0.3) is 5.57 Å². The average molecular weight is 374 g/mol. The van der Waals surface area contributed by atoms with Crippen LogP contribution in [0.2, 0.25) is 0 Å². The summed E-state index contributed by atoms with van der Waals surface area (Å²) in [6.45, 7) is 0.538. The molecule has 0 atom stereocenters. The quantitative estimate of drug-likeness (QED) is 0.839. The summed E-state index contributed by atoms with van der Waals surface area (Å²) in [6, 6.07) is 7.73. The summed E-state index contributed by atoms with van der Waals surface area (Å²) < 4.78 is 30.1. The molecular formula is C19H22N2O4S. The van der Waals surface area contributed by atoms with E-state index in [0.29, 0.717) is 31.0 Å². The Bertz CT molecular complexity index is 788. The minimum atomic E-state index is -2.91. The van der Waals surface area contributed by atoms with Crippen LogP contribution in [0.15, 0.2) is 47.0 Å². The lowest BCUT2D eigenvalue weighted by atomic mass is 9.96. The van der Waals surface area contributed by atoms with Crippen LogP contribution >= 0.6 is 10.8 Å². The Morgan fingerprint density at radius 3 is 2.62 bits per heavy atom. The van der Waals surface area contributed by atoms with Crippen molar-refractivity contribution in [2.45, 2.75) is 31.8 Å². The van der Waals surface area contributed by atoms with Gasteiger partial charge in [0.15, 0.2) is 5.84 Å². The molecule has 0 unspecified atom stereocenters. The summed E-state index contributed by atoms with van der Waals surface area (Å²) in [5.41, 5.74) is 1.81. The van der Waals surface area contributed by atoms with E-state index >= 15 is 0 Å². The minimum absolute atomic E-state index is 0.0987. The smallest absolute Gasteiger partial charge is 0.160 e. The van der Waals surface area contributed by atoms with E-state index < -0.39 is 10.8 Å². The molecule has 0 bridgehead atoms. The van der Waals surface area contributed by atoms with E-state index in [1.54, 1.807) is 0 Å². The molecule has 138 valence electrons. The van der Waals surface area contributed by atoms with Gasteiger partial charge in [0, 0.05) is 31.2 Å². The summed E-state index contributed by atoms with van der Waals surface area (Å²) in [7, 11) is -2.91. The summed E-state index contributed by atoms with van der Waals surface area (Å²) in [4.78, 5) is 13.3. The standard InChI is InChI=1S/C19H22N2O4S/c22-15-5-9-17(10-6-15)25-16-7-3-14(4-8-16)18-2-1-11-21-12-13-26(23,24)20-19(18)21/h1-4,7-8,11,17,23-24H,5-6,9-10,12-13H2. The number of rotatable bonds is 3. The Balaban J connectivity index is 1.51. The first kappa shape index (κ1) is 17.3. The van der Waals surface area contributed by atoms with Crippen molar-refractivity contribution >= 4 is 28.0 Å². The zero-order valence-corrected chi connectivity index (χ0v) is 15.2. The van der Waals surface area contributed by atoms with Gasteiger partial charge in [-0.3, -0.25) is 13.9 Å². The topological polar surface area (TPSA) is 82.4 Å². The predicted octanol–water partition coefficient (Wildman–Crippen LogP) is 3.87. The maximum atomic E-state index is 11.3. The van der Waals surface area contributed by atoms with E-state index in [-0.39, 0.29) is 11.9 Å². The molecule has 0 amide bonds. The largest absolute Gasteiger partial charge is 0.490 e. The highest BCUT2D eigenvalue weighted by Crippen LogP contribution is 2.45. The fraction of sp³-hybridized carbons (Fsp3) is 0.368. The number of allylic oxidation sites excluding steroid dienone is 2. The zero-order valence-electron chi connectivity index (χ0n) is 14.4. The number of ether oxygens (including phenoxy) is 1. The van der Waals surface area contributed by atoms with Crippen molar-refractivity contribution in [1.29, 1.82) is 0 Å². The molecular weight excluding hydrogens is 352 g/mol. The molecule has 26 heavy (non-hydrogen) atoms. The molecule has 1 fully saturated rings. The molecule has 3 aliphatic rings. The third kappa shape index (κ3) is 3.70. The average Bonchev–Trinajstić information content (AvgIpc) is 2.63. The van der Waals surface area contributed by atoms with Crippen LogP contribution in [0.4, 0.5) is 0 Å². The van der Waals surface area contributed by atoms with Gasteiger partial charge in [-0.1, -0.05) is 22.9 Å². The van der Waals surface area contributed by atoms with Crippen LogP contribution in [0.1, 0.15) is 31.2 Å². The van der Waals surface area contributed by atoms with Gasteiger partial charge in [0.25, 0.3) is 0 Å². The van der Waals surface area contributed by atoms with Crippen LogP contribution in [0.3, 0.4) is 0 Å². The first-order valence-electron chi connectivity index (χ1n) is 8.80. The van der Waals surface area contributed by atoms with Crippen LogP contribution in [-0.2, 0) is 4.79 Å². The number of amidine groups is 1. The number of carbonyl (C=O) groups excluding carboxylic acids is 1. The second-order valence-corrected chi connectivity index (χ2v) is 8.60. The molecule has 1 aliphatic carbocycles. The maximum absolute atomic E-state index is 11.3. The Kier molecular flexibility index (Phi) is 4.60. The van der Waals surface area contributed by atoms with Gasteiger partial charge in [0.1, 0.15) is 11.5 Å². The van der Waals surface area contributed by atoms with E-state index in [9.17, 15) is 13.9 Å². The molecule has 7 heteroatoms. The van der Waals surface area contributed by atoms with Crippen molar-refractivity contribution in [2.75, 3.05) is 12.3 Å². The van der Waals surface area contributed by atoms with Gasteiger partial charge < -0.3 is 9.64 Å². The number of carbonyl (C=O) groups is 1. The van der Waals surface area contributed by atoms with Crippen LogP contribution in [0.5, 0.6) is 5.75 Å². The highest BCUT2D eigenvalue weighted by molar-refractivity contribution is 8.23. The monoisotopic (exact) mass is 374 g/mol. The van der Waals surface area contributed by atoms with Gasteiger partial charge >= 0.3 is 0 Å². The first-order chi connectivity index (χ1) is 12.5. The van der Waals surface area contributed by atoms with Crippen molar-refractivity contribution in [3.8, 4) is 5.75 Å². The normalized spacial score (nSPS) is 23.8. The molecule has 1 aromatic carbocycles. The van der Waals surface area contributed by atoms with Gasteiger partial charge in [-0.15, -0.1) is 4.40 Å². The van der Waals surface area contributed by atoms with Crippen molar-refractivity contribution in [1.82, 2.24) is 4.90 Å². The summed E-state index contributed by atoms with van der Waals surface area (Å²) in [6.07, 6.45) is 8.63. The highest BCUT2D eigenvalue weighted by Gasteiger charge is 2.28. The van der Waals surface area contributed by atoms with Gasteiger partial charge in [-0.2, -0.15) is 0 Å². The molecule has 6 nitrogen and oxygen atoms in total. The molecule has 2 N–H and O–H groups in total. The lowest BCUT2D eigenvalue weighted by Crippen LogP contribution is -2.36. The summed E-state index contributed by atoms with van der Waals surface area (Å²) in [5, 5.41) is 0. The highest BCUT2D eigenvalue weighted by atomic mass is 32.3. The first-order valence-corrected chi connectivity index (χ1v) is 10.5. The molecule has 4 rings (SSSR count). The SMILES string of the molecule is O=C1CCC(Oc2ccc(C3=CC=CN4CCS(O)(O)N=C34)cc2)CC1. The third-order valence-electron chi connectivity index (χ3n) is 4.84. The lowest BCUT2D eigenvalue weighted by Gasteiger charge is -2.38. The fourth-order valence-corrected chi connectivity index (χ4v) is 4.41. The summed E-state index contributed by atoms with van der Waals surface area (Å²) >= 11 is 0. The minimum Gasteiger partial charge on any atom is -0.490 e. The number of benzene rings is 1. The Morgan fingerprint density at radius 1 is 1.15 bits per heavy atom. The predicted molar refractivity (Wildman–Crippen MR) is 103 cm³/mol. The maximum Gasteiger partial charge on any atom is 0.160 e. The molecule has 1 aromatic rings. The van der Waals surface area contributed by atoms with Crippen LogP contribution in [-0.4, -0.2) is 44.0 Å². The Morgan fingerprint density at radius 2 is 1.88 bits per heavy atom. The number of nitrogens with zero attached hydrogens (tertiary/aromatic N) is 2. The molecule has 2 heterocycles. The molecule has 0 saturated heterocycles. The van der Waals surface area contributed by atoms with Gasteiger partial charge in [-0.05, 0) is 42.7 Å². The fourth-order valence-electron chi connectivity index (χ4n) is 3.39. The number of fused-ring (bicyclic) bond motifs is 1.